The van der Waals surface area contributed by atoms with Crippen LogP contribution in [0.25, 0.3) is 0 Å². The van der Waals surface area contributed by atoms with Crippen molar-refractivity contribution in [2.24, 2.45) is 5.92 Å². The number of esters is 1. The van der Waals surface area contributed by atoms with E-state index in [9.17, 15) is 9.59 Å². The Bertz CT molecular complexity index is 520. The number of methoxy groups -OCH3 is 1. The SMILES string of the molecule is COC(=O)C[C@@H](NC(=O)c1ccc(C)cc1C)C1CC1. The molecule has 2 rings (SSSR count). The Morgan fingerprint density at radius 2 is 2.05 bits per heavy atom. The van der Waals surface area contributed by atoms with Crippen LogP contribution in [0, 0.1) is 19.8 Å². The fraction of sp³-hybridized carbons (Fsp3) is 0.500. The molecule has 1 aliphatic rings. The van der Waals surface area contributed by atoms with Gasteiger partial charge in [0.2, 0.25) is 0 Å². The summed E-state index contributed by atoms with van der Waals surface area (Å²) in [4.78, 5) is 23.7. The lowest BCUT2D eigenvalue weighted by molar-refractivity contribution is -0.141. The molecule has 1 N–H and O–H groups in total. The minimum atomic E-state index is -0.275. The van der Waals surface area contributed by atoms with Crippen LogP contribution in [0.1, 0.15) is 40.7 Å². The highest BCUT2D eigenvalue weighted by molar-refractivity contribution is 5.96. The summed E-state index contributed by atoms with van der Waals surface area (Å²) in [6, 6.07) is 5.63. The second-order valence-corrected chi connectivity index (χ2v) is 5.52. The molecule has 1 fully saturated rings. The summed E-state index contributed by atoms with van der Waals surface area (Å²) in [7, 11) is 1.37. The van der Waals surface area contributed by atoms with Gasteiger partial charge < -0.3 is 10.1 Å². The molecule has 1 aromatic rings. The highest BCUT2D eigenvalue weighted by Gasteiger charge is 2.34. The van der Waals surface area contributed by atoms with Gasteiger partial charge in [-0.25, -0.2) is 0 Å². The number of benzene rings is 1. The lowest BCUT2D eigenvalue weighted by Crippen LogP contribution is -2.38. The highest BCUT2D eigenvalue weighted by Crippen LogP contribution is 2.34. The Labute approximate surface area is 119 Å². The fourth-order valence-corrected chi connectivity index (χ4v) is 2.41. The maximum atomic E-state index is 12.3. The molecule has 0 unspecified atom stereocenters. The summed E-state index contributed by atoms with van der Waals surface area (Å²) in [6.07, 6.45) is 2.38. The number of hydrogen-bond acceptors (Lipinski definition) is 3. The standard InChI is InChI=1S/C16H21NO3/c1-10-4-7-13(11(2)8-10)16(19)17-14(12-5-6-12)9-15(18)20-3/h4,7-8,12,14H,5-6,9H2,1-3H3,(H,17,19)/t14-/m1/s1. The van der Waals surface area contributed by atoms with Gasteiger partial charge in [0.25, 0.3) is 5.91 Å². The first-order chi connectivity index (χ1) is 9.51. The van der Waals surface area contributed by atoms with E-state index in [4.69, 9.17) is 4.74 Å². The molecular weight excluding hydrogens is 254 g/mol. The Balaban J connectivity index is 2.06. The van der Waals surface area contributed by atoms with Crippen molar-refractivity contribution in [3.63, 3.8) is 0 Å². The summed E-state index contributed by atoms with van der Waals surface area (Å²) in [5.41, 5.74) is 2.76. The van der Waals surface area contributed by atoms with Gasteiger partial charge in [-0.3, -0.25) is 9.59 Å². The smallest absolute Gasteiger partial charge is 0.307 e. The molecule has 0 saturated heterocycles. The Kier molecular flexibility index (Phi) is 4.42. The Hall–Kier alpha value is -1.84. The van der Waals surface area contributed by atoms with Gasteiger partial charge in [0.1, 0.15) is 0 Å². The molecule has 0 aromatic heterocycles. The number of hydrogen-bond donors (Lipinski definition) is 1. The monoisotopic (exact) mass is 275 g/mol. The zero-order valence-corrected chi connectivity index (χ0v) is 12.2. The number of rotatable bonds is 5. The van der Waals surface area contributed by atoms with E-state index in [-0.39, 0.29) is 24.3 Å². The summed E-state index contributed by atoms with van der Waals surface area (Å²) in [6.45, 7) is 3.92. The molecule has 4 nitrogen and oxygen atoms in total. The minimum Gasteiger partial charge on any atom is -0.469 e. The van der Waals surface area contributed by atoms with Crippen LogP contribution in [-0.2, 0) is 9.53 Å². The first-order valence-electron chi connectivity index (χ1n) is 6.96. The second-order valence-electron chi connectivity index (χ2n) is 5.52. The van der Waals surface area contributed by atoms with Crippen molar-refractivity contribution in [2.75, 3.05) is 7.11 Å². The lowest BCUT2D eigenvalue weighted by Gasteiger charge is -2.18. The van der Waals surface area contributed by atoms with Crippen molar-refractivity contribution in [3.8, 4) is 0 Å². The van der Waals surface area contributed by atoms with Crippen LogP contribution in [0.3, 0.4) is 0 Å². The predicted molar refractivity (Wildman–Crippen MR) is 76.5 cm³/mol. The van der Waals surface area contributed by atoms with Crippen LogP contribution in [0.5, 0.6) is 0 Å². The zero-order chi connectivity index (χ0) is 14.7. The summed E-state index contributed by atoms with van der Waals surface area (Å²) in [5, 5.41) is 2.98. The molecule has 108 valence electrons. The average Bonchev–Trinajstić information content (AvgIpc) is 3.21. The van der Waals surface area contributed by atoms with E-state index in [0.717, 1.165) is 24.0 Å². The predicted octanol–water partition coefficient (Wildman–Crippen LogP) is 2.37. The summed E-state index contributed by atoms with van der Waals surface area (Å²) in [5.74, 6) is 0.0231. The third kappa shape index (κ3) is 3.59. The topological polar surface area (TPSA) is 55.4 Å². The maximum Gasteiger partial charge on any atom is 0.307 e. The fourth-order valence-electron chi connectivity index (χ4n) is 2.41. The quantitative estimate of drug-likeness (QED) is 0.839. The minimum absolute atomic E-state index is 0.108. The van der Waals surface area contributed by atoms with Crippen molar-refractivity contribution >= 4 is 11.9 Å². The van der Waals surface area contributed by atoms with Gasteiger partial charge in [0.05, 0.1) is 13.5 Å². The highest BCUT2D eigenvalue weighted by atomic mass is 16.5. The van der Waals surface area contributed by atoms with E-state index in [0.29, 0.717) is 11.5 Å². The van der Waals surface area contributed by atoms with Gasteiger partial charge in [-0.2, -0.15) is 0 Å². The summed E-state index contributed by atoms with van der Waals surface area (Å²) >= 11 is 0. The van der Waals surface area contributed by atoms with Gasteiger partial charge in [-0.15, -0.1) is 0 Å². The van der Waals surface area contributed by atoms with Crippen LogP contribution in [0.2, 0.25) is 0 Å². The van der Waals surface area contributed by atoms with Crippen LogP contribution < -0.4 is 5.32 Å². The van der Waals surface area contributed by atoms with Gasteiger partial charge >= 0.3 is 5.97 Å². The van der Waals surface area contributed by atoms with Crippen LogP contribution in [0.4, 0.5) is 0 Å². The molecule has 1 aliphatic carbocycles. The Morgan fingerprint density at radius 1 is 1.35 bits per heavy atom. The van der Waals surface area contributed by atoms with Gasteiger partial charge in [-0.1, -0.05) is 17.7 Å². The maximum absolute atomic E-state index is 12.3. The Morgan fingerprint density at radius 3 is 2.60 bits per heavy atom. The molecular formula is C16H21NO3. The van der Waals surface area contributed by atoms with E-state index in [1.807, 2.05) is 32.0 Å². The van der Waals surface area contributed by atoms with Crippen molar-refractivity contribution < 1.29 is 14.3 Å². The normalized spacial score (nSPS) is 15.6. The van der Waals surface area contributed by atoms with E-state index >= 15 is 0 Å². The number of ether oxygens (including phenoxy) is 1. The van der Waals surface area contributed by atoms with Crippen molar-refractivity contribution in [1.29, 1.82) is 0 Å². The van der Waals surface area contributed by atoms with Crippen LogP contribution >= 0.6 is 0 Å². The van der Waals surface area contributed by atoms with E-state index < -0.39 is 0 Å². The molecule has 0 bridgehead atoms. The average molecular weight is 275 g/mol. The first kappa shape index (κ1) is 14.6. The number of aryl methyl sites for hydroxylation is 2. The molecule has 0 aliphatic heterocycles. The number of carbonyl (C=O) groups is 2. The van der Waals surface area contributed by atoms with Crippen LogP contribution in [0.15, 0.2) is 18.2 Å². The van der Waals surface area contributed by atoms with Gasteiger partial charge in [-0.05, 0) is 44.2 Å². The molecule has 0 spiro atoms. The number of amides is 1. The largest absolute Gasteiger partial charge is 0.469 e. The third-order valence-corrected chi connectivity index (χ3v) is 3.75. The van der Waals surface area contributed by atoms with Crippen LogP contribution in [-0.4, -0.2) is 25.0 Å². The van der Waals surface area contributed by atoms with E-state index in [1.165, 1.54) is 7.11 Å². The lowest BCUT2D eigenvalue weighted by atomic mass is 10.0. The molecule has 0 heterocycles. The molecule has 0 radical (unpaired) electrons. The van der Waals surface area contributed by atoms with Crippen molar-refractivity contribution in [2.45, 2.75) is 39.2 Å². The molecule has 1 aromatic carbocycles. The molecule has 1 amide bonds. The van der Waals surface area contributed by atoms with Gasteiger partial charge in [0, 0.05) is 11.6 Å². The van der Waals surface area contributed by atoms with Crippen molar-refractivity contribution in [1.82, 2.24) is 5.32 Å². The number of nitrogens with one attached hydrogen (secondary N) is 1. The first-order valence-corrected chi connectivity index (χ1v) is 6.96. The van der Waals surface area contributed by atoms with Crippen molar-refractivity contribution in [3.05, 3.63) is 34.9 Å². The third-order valence-electron chi connectivity index (χ3n) is 3.75. The zero-order valence-electron chi connectivity index (χ0n) is 12.2. The molecule has 1 atom stereocenters. The van der Waals surface area contributed by atoms with E-state index in [2.05, 4.69) is 5.32 Å². The molecule has 4 heteroatoms. The van der Waals surface area contributed by atoms with E-state index in [1.54, 1.807) is 0 Å². The molecule has 20 heavy (non-hydrogen) atoms. The molecule has 1 saturated carbocycles. The second kappa shape index (κ2) is 6.07. The number of carbonyl (C=O) groups excluding carboxylic acids is 2. The van der Waals surface area contributed by atoms with Gasteiger partial charge in [0.15, 0.2) is 0 Å². The summed E-state index contributed by atoms with van der Waals surface area (Å²) < 4.78 is 4.70.